The first-order valence-corrected chi connectivity index (χ1v) is 11.7. The van der Waals surface area contributed by atoms with Gasteiger partial charge in [0.2, 0.25) is 0 Å². The summed E-state index contributed by atoms with van der Waals surface area (Å²) in [6.07, 6.45) is -1.13. The number of esters is 1. The second-order valence-corrected chi connectivity index (χ2v) is 9.17. The van der Waals surface area contributed by atoms with Crippen molar-refractivity contribution < 1.29 is 29.3 Å². The van der Waals surface area contributed by atoms with Crippen LogP contribution in [0, 0.1) is 0 Å². The standard InChI is InChI=1S/C27H25N3O6/c1-27(13-31,36-12-11-18(32)35-2)30-17-10-6-4-8-15(17)20-22-21(25(33)29-26(22)34)19-14-7-3-5-9-16(14)28-23(19)24(20)30/h3-10,25,28,31,33H,11-13H2,1-2H3,(H,29,34)/t25?,27-/m0/s1. The molecule has 1 unspecified atom stereocenters. The lowest BCUT2D eigenvalue weighted by molar-refractivity contribution is -0.149. The van der Waals surface area contributed by atoms with E-state index in [4.69, 9.17) is 9.47 Å². The van der Waals surface area contributed by atoms with E-state index in [2.05, 4.69) is 10.3 Å². The molecule has 2 aromatic heterocycles. The molecule has 1 aliphatic heterocycles. The van der Waals surface area contributed by atoms with E-state index in [1.54, 1.807) is 6.92 Å². The summed E-state index contributed by atoms with van der Waals surface area (Å²) in [5, 5.41) is 27.2. The number of aromatic nitrogens is 2. The van der Waals surface area contributed by atoms with Crippen LogP contribution in [0.1, 0.15) is 35.5 Å². The molecule has 9 heteroatoms. The number of aromatic amines is 1. The topological polar surface area (TPSA) is 126 Å². The van der Waals surface area contributed by atoms with Crippen LogP contribution in [-0.2, 0) is 20.0 Å². The maximum Gasteiger partial charge on any atom is 0.307 e. The van der Waals surface area contributed by atoms with Gasteiger partial charge in [-0.25, -0.2) is 0 Å². The second kappa shape index (κ2) is 8.06. The number of carbonyl (C=O) groups is 2. The Balaban J connectivity index is 1.77. The van der Waals surface area contributed by atoms with Crippen molar-refractivity contribution in [2.24, 2.45) is 0 Å². The fourth-order valence-electron chi connectivity index (χ4n) is 5.50. The fraction of sp³-hybridized carbons (Fsp3) is 0.259. The van der Waals surface area contributed by atoms with Crippen LogP contribution in [0.5, 0.6) is 0 Å². The highest BCUT2D eigenvalue weighted by molar-refractivity contribution is 6.30. The van der Waals surface area contributed by atoms with Crippen LogP contribution in [0.25, 0.3) is 43.6 Å². The number of rotatable bonds is 6. The summed E-state index contributed by atoms with van der Waals surface area (Å²) < 4.78 is 12.8. The molecule has 9 nitrogen and oxygen atoms in total. The Morgan fingerprint density at radius 2 is 1.83 bits per heavy atom. The molecule has 2 atom stereocenters. The Bertz CT molecular complexity index is 1700. The van der Waals surface area contributed by atoms with E-state index in [0.29, 0.717) is 27.5 Å². The molecule has 6 rings (SSSR count). The smallest absolute Gasteiger partial charge is 0.307 e. The molecule has 0 fully saturated rings. The highest BCUT2D eigenvalue weighted by atomic mass is 16.5. The maximum absolute atomic E-state index is 13.2. The van der Waals surface area contributed by atoms with Gasteiger partial charge in [0, 0.05) is 32.6 Å². The number of amides is 1. The van der Waals surface area contributed by atoms with Gasteiger partial charge < -0.3 is 34.6 Å². The van der Waals surface area contributed by atoms with Crippen LogP contribution in [0.4, 0.5) is 0 Å². The molecule has 0 saturated carbocycles. The molecule has 0 aliphatic carbocycles. The Morgan fingerprint density at radius 3 is 2.58 bits per heavy atom. The highest BCUT2D eigenvalue weighted by Crippen LogP contribution is 2.47. The van der Waals surface area contributed by atoms with Crippen molar-refractivity contribution in [1.82, 2.24) is 14.9 Å². The van der Waals surface area contributed by atoms with Crippen LogP contribution in [0.3, 0.4) is 0 Å². The first kappa shape index (κ1) is 22.5. The van der Waals surface area contributed by atoms with Crippen molar-refractivity contribution in [2.45, 2.75) is 25.3 Å². The molecule has 1 amide bonds. The summed E-state index contributed by atoms with van der Waals surface area (Å²) >= 11 is 0. The lowest BCUT2D eigenvalue weighted by atomic mass is 9.96. The van der Waals surface area contributed by atoms with Crippen molar-refractivity contribution in [1.29, 1.82) is 0 Å². The van der Waals surface area contributed by atoms with Gasteiger partial charge in [-0.2, -0.15) is 0 Å². The SMILES string of the molecule is COC(=O)CCO[C@@](C)(CO)n1c2ccccc2c2c3c(c4c5ccccc5[nH]c4c21)C(O)NC3=O. The van der Waals surface area contributed by atoms with E-state index in [1.165, 1.54) is 7.11 Å². The third-order valence-corrected chi connectivity index (χ3v) is 7.09. The number of fused-ring (bicyclic) bond motifs is 10. The largest absolute Gasteiger partial charge is 0.469 e. The molecule has 5 aromatic rings. The van der Waals surface area contributed by atoms with Gasteiger partial charge in [-0.15, -0.1) is 0 Å². The highest BCUT2D eigenvalue weighted by Gasteiger charge is 2.38. The zero-order valence-corrected chi connectivity index (χ0v) is 19.8. The quantitative estimate of drug-likeness (QED) is 0.272. The first-order valence-electron chi connectivity index (χ1n) is 11.7. The number of aliphatic hydroxyl groups excluding tert-OH is 2. The van der Waals surface area contributed by atoms with Crippen LogP contribution < -0.4 is 5.32 Å². The van der Waals surface area contributed by atoms with Crippen molar-refractivity contribution in [3.05, 3.63) is 59.7 Å². The molecule has 3 aromatic carbocycles. The van der Waals surface area contributed by atoms with Gasteiger partial charge >= 0.3 is 5.97 Å². The van der Waals surface area contributed by atoms with E-state index < -0.39 is 24.5 Å². The molecule has 3 heterocycles. The molecular weight excluding hydrogens is 462 g/mol. The number of nitrogens with zero attached hydrogens (tertiary/aromatic N) is 1. The number of nitrogens with one attached hydrogen (secondary N) is 2. The third kappa shape index (κ3) is 3.00. The predicted octanol–water partition coefficient (Wildman–Crippen LogP) is 3.41. The summed E-state index contributed by atoms with van der Waals surface area (Å²) in [7, 11) is 1.31. The number of methoxy groups -OCH3 is 1. The van der Waals surface area contributed by atoms with E-state index in [1.807, 2.05) is 53.1 Å². The number of para-hydroxylation sites is 2. The van der Waals surface area contributed by atoms with Gasteiger partial charge in [-0.3, -0.25) is 9.59 Å². The summed E-state index contributed by atoms with van der Waals surface area (Å²) in [5.41, 5.74) is 2.63. The number of benzene rings is 3. The van der Waals surface area contributed by atoms with Gasteiger partial charge in [-0.05, 0) is 19.1 Å². The van der Waals surface area contributed by atoms with Gasteiger partial charge in [0.05, 0.1) is 48.9 Å². The average Bonchev–Trinajstić information content (AvgIpc) is 3.53. The van der Waals surface area contributed by atoms with Crippen molar-refractivity contribution >= 4 is 55.5 Å². The monoisotopic (exact) mass is 487 g/mol. The Morgan fingerprint density at radius 1 is 1.11 bits per heavy atom. The molecular formula is C27H25N3O6. The molecule has 36 heavy (non-hydrogen) atoms. The number of hydrogen-bond acceptors (Lipinski definition) is 6. The summed E-state index contributed by atoms with van der Waals surface area (Å²) in [4.78, 5) is 28.4. The molecule has 0 spiro atoms. The van der Waals surface area contributed by atoms with Gasteiger partial charge in [0.15, 0.2) is 12.0 Å². The summed E-state index contributed by atoms with van der Waals surface area (Å²) in [6, 6.07) is 15.3. The fourth-order valence-corrected chi connectivity index (χ4v) is 5.50. The molecule has 4 N–H and O–H groups in total. The normalized spacial score (nSPS) is 17.1. The van der Waals surface area contributed by atoms with Crippen molar-refractivity contribution in [3.63, 3.8) is 0 Å². The number of carbonyl (C=O) groups excluding carboxylic acids is 2. The number of H-pyrrole nitrogens is 1. The van der Waals surface area contributed by atoms with Crippen LogP contribution in [0.2, 0.25) is 0 Å². The molecule has 0 radical (unpaired) electrons. The van der Waals surface area contributed by atoms with E-state index in [-0.39, 0.29) is 18.9 Å². The van der Waals surface area contributed by atoms with E-state index in [9.17, 15) is 19.8 Å². The Labute approximate surface area is 205 Å². The second-order valence-electron chi connectivity index (χ2n) is 9.17. The lowest BCUT2D eigenvalue weighted by Crippen LogP contribution is -2.38. The predicted molar refractivity (Wildman–Crippen MR) is 135 cm³/mol. The molecule has 0 bridgehead atoms. The lowest BCUT2D eigenvalue weighted by Gasteiger charge is -2.31. The number of ether oxygens (including phenoxy) is 2. The number of aliphatic hydroxyl groups is 2. The molecule has 0 saturated heterocycles. The Hall–Kier alpha value is -3.92. The van der Waals surface area contributed by atoms with E-state index in [0.717, 1.165) is 27.2 Å². The number of hydrogen-bond donors (Lipinski definition) is 4. The molecule has 184 valence electrons. The third-order valence-electron chi connectivity index (χ3n) is 7.09. The summed E-state index contributed by atoms with van der Waals surface area (Å²) in [6.45, 7) is 1.38. The van der Waals surface area contributed by atoms with E-state index >= 15 is 0 Å². The maximum atomic E-state index is 13.2. The Kier molecular flexibility index (Phi) is 5.04. The minimum absolute atomic E-state index is 0.0228. The average molecular weight is 488 g/mol. The van der Waals surface area contributed by atoms with Crippen LogP contribution >= 0.6 is 0 Å². The first-order chi connectivity index (χ1) is 17.4. The minimum Gasteiger partial charge on any atom is -0.469 e. The van der Waals surface area contributed by atoms with Crippen molar-refractivity contribution in [3.8, 4) is 0 Å². The van der Waals surface area contributed by atoms with Gasteiger partial charge in [0.25, 0.3) is 5.91 Å². The minimum atomic E-state index is -1.28. The molecule has 1 aliphatic rings. The summed E-state index contributed by atoms with van der Waals surface area (Å²) in [5.74, 6) is -0.783. The zero-order chi connectivity index (χ0) is 25.2. The zero-order valence-electron chi connectivity index (χ0n) is 19.8. The van der Waals surface area contributed by atoms with Crippen LogP contribution in [0.15, 0.2) is 48.5 Å². The van der Waals surface area contributed by atoms with Gasteiger partial charge in [-0.1, -0.05) is 36.4 Å². The van der Waals surface area contributed by atoms with Gasteiger partial charge in [0.1, 0.15) is 0 Å². The van der Waals surface area contributed by atoms with Crippen LogP contribution in [-0.4, -0.2) is 52.0 Å². The van der Waals surface area contributed by atoms with Crippen molar-refractivity contribution in [2.75, 3.05) is 20.3 Å².